The van der Waals surface area contributed by atoms with Crippen molar-refractivity contribution < 1.29 is 4.79 Å². The first kappa shape index (κ1) is 12.6. The van der Waals surface area contributed by atoms with E-state index in [2.05, 4.69) is 27.9 Å². The van der Waals surface area contributed by atoms with E-state index >= 15 is 0 Å². The van der Waals surface area contributed by atoms with Gasteiger partial charge in [0.15, 0.2) is 0 Å². The zero-order valence-electron chi connectivity index (χ0n) is 11.0. The molecule has 102 valence electrons. The second-order valence-corrected chi connectivity index (χ2v) is 4.90. The van der Waals surface area contributed by atoms with Crippen LogP contribution in [0.25, 0.3) is 0 Å². The van der Waals surface area contributed by atoms with Crippen LogP contribution in [0.4, 0.5) is 5.82 Å². The molecule has 0 unspecified atom stereocenters. The first-order valence-corrected chi connectivity index (χ1v) is 6.57. The minimum atomic E-state index is -0.167. The highest BCUT2D eigenvalue weighted by molar-refractivity contribution is 5.92. The molecule has 3 rings (SSSR count). The van der Waals surface area contributed by atoms with Gasteiger partial charge in [-0.2, -0.15) is 0 Å². The van der Waals surface area contributed by atoms with Gasteiger partial charge in [0.05, 0.1) is 0 Å². The van der Waals surface area contributed by atoms with Gasteiger partial charge in [-0.05, 0) is 36.1 Å². The topological polar surface area (TPSA) is 80.0 Å². The monoisotopic (exact) mass is 268 g/mol. The Morgan fingerprint density at radius 2 is 1.80 bits per heavy atom. The van der Waals surface area contributed by atoms with Crippen LogP contribution < -0.4 is 16.6 Å². The number of pyridine rings is 1. The zero-order valence-corrected chi connectivity index (χ0v) is 11.0. The number of hydrogen-bond donors (Lipinski definition) is 3. The van der Waals surface area contributed by atoms with Crippen LogP contribution >= 0.6 is 0 Å². The van der Waals surface area contributed by atoms with E-state index < -0.39 is 0 Å². The second kappa shape index (κ2) is 5.30. The van der Waals surface area contributed by atoms with Crippen LogP contribution in [0.2, 0.25) is 0 Å². The summed E-state index contributed by atoms with van der Waals surface area (Å²) < 4.78 is 0. The minimum absolute atomic E-state index is 0.135. The standard InChI is InChI=1S/C15H16N4O/c16-19-14-7-3-6-13(18-14)15(20)17-12-8-10-4-1-2-5-11(10)9-12/h1-7,12H,8-9,16H2,(H,17,20)(H,18,19). The third kappa shape index (κ3) is 2.48. The van der Waals surface area contributed by atoms with E-state index in [1.807, 2.05) is 12.1 Å². The van der Waals surface area contributed by atoms with Crippen LogP contribution in [0, 0.1) is 0 Å². The molecule has 0 spiro atoms. The summed E-state index contributed by atoms with van der Waals surface area (Å²) in [6, 6.07) is 13.6. The number of nitrogens with zero attached hydrogens (tertiary/aromatic N) is 1. The molecule has 1 aromatic heterocycles. The van der Waals surface area contributed by atoms with Crippen LogP contribution in [0.15, 0.2) is 42.5 Å². The summed E-state index contributed by atoms with van der Waals surface area (Å²) in [5, 5.41) is 3.02. The molecule has 0 aliphatic heterocycles. The molecule has 20 heavy (non-hydrogen) atoms. The molecule has 0 radical (unpaired) electrons. The van der Waals surface area contributed by atoms with E-state index in [1.165, 1.54) is 11.1 Å². The smallest absolute Gasteiger partial charge is 0.270 e. The van der Waals surface area contributed by atoms with Gasteiger partial charge in [-0.3, -0.25) is 4.79 Å². The largest absolute Gasteiger partial charge is 0.347 e. The van der Waals surface area contributed by atoms with Gasteiger partial charge in [0.2, 0.25) is 0 Å². The molecule has 0 saturated heterocycles. The van der Waals surface area contributed by atoms with Gasteiger partial charge in [-0.25, -0.2) is 10.8 Å². The number of carbonyl (C=O) groups is 1. The van der Waals surface area contributed by atoms with Crippen molar-refractivity contribution in [3.05, 3.63) is 59.3 Å². The third-order valence-corrected chi connectivity index (χ3v) is 3.52. The van der Waals surface area contributed by atoms with E-state index in [4.69, 9.17) is 5.84 Å². The number of amides is 1. The number of carbonyl (C=O) groups excluding carboxylic acids is 1. The number of aromatic nitrogens is 1. The highest BCUT2D eigenvalue weighted by Crippen LogP contribution is 2.21. The molecular formula is C15H16N4O. The molecule has 1 aliphatic rings. The fourth-order valence-electron chi connectivity index (χ4n) is 2.56. The van der Waals surface area contributed by atoms with Gasteiger partial charge in [0.1, 0.15) is 11.5 Å². The summed E-state index contributed by atoms with van der Waals surface area (Å²) in [6.07, 6.45) is 1.74. The lowest BCUT2D eigenvalue weighted by Gasteiger charge is -2.12. The summed E-state index contributed by atoms with van der Waals surface area (Å²) in [5.74, 6) is 5.61. The fourth-order valence-corrected chi connectivity index (χ4v) is 2.56. The average molecular weight is 268 g/mol. The van der Waals surface area contributed by atoms with E-state index in [-0.39, 0.29) is 11.9 Å². The predicted octanol–water partition coefficient (Wildman–Crippen LogP) is 1.26. The molecule has 5 heteroatoms. The second-order valence-electron chi connectivity index (χ2n) is 4.90. The Bertz CT molecular complexity index is 616. The number of hydrogen-bond acceptors (Lipinski definition) is 4. The Kier molecular flexibility index (Phi) is 3.35. The van der Waals surface area contributed by atoms with Crippen LogP contribution in [0.3, 0.4) is 0 Å². The van der Waals surface area contributed by atoms with Crippen LogP contribution in [-0.2, 0) is 12.8 Å². The first-order chi connectivity index (χ1) is 9.76. The SMILES string of the molecule is NNc1cccc(C(=O)NC2Cc3ccccc3C2)n1. The van der Waals surface area contributed by atoms with Crippen LogP contribution in [0.5, 0.6) is 0 Å². The van der Waals surface area contributed by atoms with Crippen molar-refractivity contribution in [2.24, 2.45) is 5.84 Å². The van der Waals surface area contributed by atoms with Gasteiger partial charge >= 0.3 is 0 Å². The highest BCUT2D eigenvalue weighted by Gasteiger charge is 2.23. The van der Waals surface area contributed by atoms with Crippen molar-refractivity contribution >= 4 is 11.7 Å². The van der Waals surface area contributed by atoms with E-state index in [0.717, 1.165) is 12.8 Å². The summed E-state index contributed by atoms with van der Waals surface area (Å²) in [4.78, 5) is 16.3. The maximum atomic E-state index is 12.2. The van der Waals surface area contributed by atoms with Gasteiger partial charge in [0.25, 0.3) is 5.91 Å². The molecular weight excluding hydrogens is 252 g/mol. The van der Waals surface area contributed by atoms with Crippen LogP contribution in [-0.4, -0.2) is 16.9 Å². The van der Waals surface area contributed by atoms with Crippen molar-refractivity contribution in [1.29, 1.82) is 0 Å². The lowest BCUT2D eigenvalue weighted by atomic mass is 10.1. The number of fused-ring (bicyclic) bond motifs is 1. The lowest BCUT2D eigenvalue weighted by Crippen LogP contribution is -2.35. The van der Waals surface area contributed by atoms with Crippen molar-refractivity contribution in [3.8, 4) is 0 Å². The Hall–Kier alpha value is -2.40. The highest BCUT2D eigenvalue weighted by atomic mass is 16.1. The molecule has 4 N–H and O–H groups in total. The number of rotatable bonds is 3. The quantitative estimate of drug-likeness (QED) is 0.578. The minimum Gasteiger partial charge on any atom is -0.347 e. The predicted molar refractivity (Wildman–Crippen MR) is 77.2 cm³/mol. The molecule has 2 aromatic rings. The summed E-state index contributed by atoms with van der Waals surface area (Å²) >= 11 is 0. The van der Waals surface area contributed by atoms with Crippen molar-refractivity contribution in [2.75, 3.05) is 5.43 Å². The lowest BCUT2D eigenvalue weighted by molar-refractivity contribution is 0.0933. The number of anilines is 1. The zero-order chi connectivity index (χ0) is 13.9. The van der Waals surface area contributed by atoms with E-state index in [0.29, 0.717) is 11.5 Å². The maximum absolute atomic E-state index is 12.2. The Morgan fingerprint density at radius 3 is 2.45 bits per heavy atom. The van der Waals surface area contributed by atoms with Gasteiger partial charge in [-0.15, -0.1) is 0 Å². The van der Waals surface area contributed by atoms with Gasteiger partial charge in [0, 0.05) is 6.04 Å². The van der Waals surface area contributed by atoms with Crippen LogP contribution in [0.1, 0.15) is 21.6 Å². The summed E-state index contributed by atoms with van der Waals surface area (Å²) in [5.41, 5.74) is 5.43. The Morgan fingerprint density at radius 1 is 1.10 bits per heavy atom. The summed E-state index contributed by atoms with van der Waals surface area (Å²) in [6.45, 7) is 0. The molecule has 1 amide bonds. The Balaban J connectivity index is 1.69. The number of nitrogens with two attached hydrogens (primary N) is 1. The molecule has 0 fully saturated rings. The molecule has 0 bridgehead atoms. The van der Waals surface area contributed by atoms with Crippen molar-refractivity contribution in [3.63, 3.8) is 0 Å². The molecule has 1 heterocycles. The van der Waals surface area contributed by atoms with Gasteiger partial charge in [-0.1, -0.05) is 30.3 Å². The number of nitrogens with one attached hydrogen (secondary N) is 2. The van der Waals surface area contributed by atoms with Crippen molar-refractivity contribution in [1.82, 2.24) is 10.3 Å². The summed E-state index contributed by atoms with van der Waals surface area (Å²) in [7, 11) is 0. The van der Waals surface area contributed by atoms with Gasteiger partial charge < -0.3 is 10.7 Å². The average Bonchev–Trinajstić information content (AvgIpc) is 2.89. The maximum Gasteiger partial charge on any atom is 0.270 e. The molecule has 0 saturated carbocycles. The Labute approximate surface area is 117 Å². The number of hydrazine groups is 1. The molecule has 1 aromatic carbocycles. The van der Waals surface area contributed by atoms with E-state index in [9.17, 15) is 4.79 Å². The number of benzene rings is 1. The fraction of sp³-hybridized carbons (Fsp3) is 0.200. The third-order valence-electron chi connectivity index (χ3n) is 3.52. The molecule has 0 atom stereocenters. The number of nitrogen functional groups attached to an aromatic ring is 1. The van der Waals surface area contributed by atoms with Crippen molar-refractivity contribution in [2.45, 2.75) is 18.9 Å². The normalized spacial score (nSPS) is 13.8. The molecule has 5 nitrogen and oxygen atoms in total. The van der Waals surface area contributed by atoms with E-state index in [1.54, 1.807) is 18.2 Å². The molecule has 1 aliphatic carbocycles. The first-order valence-electron chi connectivity index (χ1n) is 6.57.